The number of ether oxygens (including phenoxy) is 1. The van der Waals surface area contributed by atoms with E-state index in [2.05, 4.69) is 15.5 Å². The van der Waals surface area contributed by atoms with Crippen molar-refractivity contribution in [2.75, 3.05) is 18.2 Å². The van der Waals surface area contributed by atoms with Gasteiger partial charge in [-0.25, -0.2) is 4.39 Å². The van der Waals surface area contributed by atoms with Crippen molar-refractivity contribution in [3.63, 3.8) is 0 Å². The van der Waals surface area contributed by atoms with E-state index in [1.807, 2.05) is 24.3 Å². The summed E-state index contributed by atoms with van der Waals surface area (Å²) in [6.07, 6.45) is 1.56. The zero-order chi connectivity index (χ0) is 18.5. The van der Waals surface area contributed by atoms with Gasteiger partial charge in [-0.05, 0) is 30.3 Å². The van der Waals surface area contributed by atoms with Gasteiger partial charge in [0.05, 0.1) is 29.3 Å². The van der Waals surface area contributed by atoms with Crippen molar-refractivity contribution in [2.24, 2.45) is 0 Å². The Hall–Kier alpha value is -2.58. The van der Waals surface area contributed by atoms with Crippen LogP contribution in [-0.4, -0.2) is 33.5 Å². The Morgan fingerprint density at radius 1 is 1.35 bits per heavy atom. The average molecular weight is 393 g/mol. The number of hydrogen-bond acceptors (Lipinski definition) is 5. The Morgan fingerprint density at radius 2 is 2.19 bits per heavy atom. The Bertz CT molecular complexity index is 935. The topological polar surface area (TPSA) is 69.0 Å². The van der Waals surface area contributed by atoms with E-state index < -0.39 is 5.82 Å². The summed E-state index contributed by atoms with van der Waals surface area (Å²) in [6, 6.07) is 11.2. The molecular weight excluding hydrogens is 379 g/mol. The normalized spacial score (nSPS) is 10.6. The van der Waals surface area contributed by atoms with E-state index in [4.69, 9.17) is 16.3 Å². The van der Waals surface area contributed by atoms with Crippen molar-refractivity contribution in [1.82, 2.24) is 14.8 Å². The van der Waals surface area contributed by atoms with E-state index in [1.54, 1.807) is 18.0 Å². The summed E-state index contributed by atoms with van der Waals surface area (Å²) in [5, 5.41) is 11.3. The molecule has 0 aliphatic heterocycles. The van der Waals surface area contributed by atoms with Crippen LogP contribution in [0.2, 0.25) is 5.02 Å². The summed E-state index contributed by atoms with van der Waals surface area (Å²) in [4.78, 5) is 12.1. The first-order chi connectivity index (χ1) is 12.6. The Balaban J connectivity index is 1.67. The third-order valence-corrected chi connectivity index (χ3v) is 4.64. The second-order valence-electron chi connectivity index (χ2n) is 5.15. The number of aromatic nitrogens is 3. The molecule has 0 aliphatic carbocycles. The largest absolute Gasteiger partial charge is 0.497 e. The molecular formula is C17H14ClFN4O2S. The monoisotopic (exact) mass is 392 g/mol. The maximum Gasteiger partial charge on any atom is 0.234 e. The van der Waals surface area contributed by atoms with Crippen LogP contribution in [0.4, 0.5) is 10.1 Å². The number of carbonyl (C=O) groups excluding carboxylic acids is 1. The van der Waals surface area contributed by atoms with Crippen LogP contribution in [0.25, 0.3) is 5.69 Å². The molecule has 0 radical (unpaired) electrons. The van der Waals surface area contributed by atoms with Crippen LogP contribution in [-0.2, 0) is 4.79 Å². The highest BCUT2D eigenvalue weighted by molar-refractivity contribution is 7.99. The first-order valence-corrected chi connectivity index (χ1v) is 8.85. The molecule has 1 aromatic heterocycles. The smallest absolute Gasteiger partial charge is 0.234 e. The summed E-state index contributed by atoms with van der Waals surface area (Å²) < 4.78 is 20.0. The van der Waals surface area contributed by atoms with E-state index in [0.717, 1.165) is 11.8 Å². The molecule has 3 rings (SSSR count). The van der Waals surface area contributed by atoms with Crippen LogP contribution < -0.4 is 10.1 Å². The quantitative estimate of drug-likeness (QED) is 0.646. The number of nitrogens with one attached hydrogen (secondary N) is 1. The van der Waals surface area contributed by atoms with Crippen molar-refractivity contribution in [3.05, 3.63) is 59.6 Å². The third kappa shape index (κ3) is 4.33. The molecule has 0 bridgehead atoms. The highest BCUT2D eigenvalue weighted by Crippen LogP contribution is 2.24. The maximum absolute atomic E-state index is 13.1. The molecule has 9 heteroatoms. The first-order valence-electron chi connectivity index (χ1n) is 7.49. The fraction of sp³-hybridized carbons (Fsp3) is 0.118. The predicted molar refractivity (Wildman–Crippen MR) is 98.7 cm³/mol. The average Bonchev–Trinajstić information content (AvgIpc) is 3.11. The summed E-state index contributed by atoms with van der Waals surface area (Å²) in [5.74, 6) is 0.0458. The molecule has 0 aliphatic rings. The lowest BCUT2D eigenvalue weighted by atomic mass is 10.3. The molecule has 0 unspecified atom stereocenters. The lowest BCUT2D eigenvalue weighted by molar-refractivity contribution is -0.113. The van der Waals surface area contributed by atoms with Gasteiger partial charge in [0.15, 0.2) is 5.16 Å². The molecule has 0 saturated heterocycles. The maximum atomic E-state index is 13.1. The number of methoxy groups -OCH3 is 1. The van der Waals surface area contributed by atoms with Crippen LogP contribution in [0.5, 0.6) is 5.75 Å². The van der Waals surface area contributed by atoms with Gasteiger partial charge in [-0.2, -0.15) is 0 Å². The summed E-state index contributed by atoms with van der Waals surface area (Å²) >= 11 is 7.13. The number of carbonyl (C=O) groups is 1. The van der Waals surface area contributed by atoms with Gasteiger partial charge in [-0.1, -0.05) is 29.4 Å². The van der Waals surface area contributed by atoms with Crippen molar-refractivity contribution < 1.29 is 13.9 Å². The molecule has 1 N–H and O–H groups in total. The highest BCUT2D eigenvalue weighted by atomic mass is 35.5. The number of halogens is 2. The van der Waals surface area contributed by atoms with Crippen LogP contribution >= 0.6 is 23.4 Å². The minimum absolute atomic E-state index is 0.0936. The van der Waals surface area contributed by atoms with Gasteiger partial charge in [0, 0.05) is 6.07 Å². The first kappa shape index (κ1) is 18.2. The molecule has 0 fully saturated rings. The Labute approximate surface area is 158 Å². The number of benzene rings is 2. The van der Waals surface area contributed by atoms with Gasteiger partial charge < -0.3 is 10.1 Å². The van der Waals surface area contributed by atoms with E-state index in [9.17, 15) is 9.18 Å². The molecule has 0 atom stereocenters. The summed E-state index contributed by atoms with van der Waals surface area (Å²) in [7, 11) is 1.59. The van der Waals surface area contributed by atoms with Gasteiger partial charge in [0.25, 0.3) is 0 Å². The van der Waals surface area contributed by atoms with Gasteiger partial charge in [-0.3, -0.25) is 9.36 Å². The van der Waals surface area contributed by atoms with Crippen molar-refractivity contribution in [2.45, 2.75) is 5.16 Å². The van der Waals surface area contributed by atoms with Crippen LogP contribution in [0.3, 0.4) is 0 Å². The van der Waals surface area contributed by atoms with E-state index in [1.165, 1.54) is 23.9 Å². The van der Waals surface area contributed by atoms with E-state index in [0.29, 0.717) is 16.6 Å². The highest BCUT2D eigenvalue weighted by Gasteiger charge is 2.12. The second-order valence-corrected chi connectivity index (χ2v) is 6.50. The number of thioether (sulfide) groups is 1. The standard InChI is InChI=1S/C17H14ClFN4O2S/c1-25-13-4-2-3-12(8-13)23-10-20-22-17(23)26-9-16(24)21-15-6-5-11(19)7-14(15)18/h2-8,10H,9H2,1H3,(H,21,24). The van der Waals surface area contributed by atoms with Crippen LogP contribution in [0, 0.1) is 5.82 Å². The number of rotatable bonds is 6. The zero-order valence-electron chi connectivity index (χ0n) is 13.6. The van der Waals surface area contributed by atoms with Crippen LogP contribution in [0.1, 0.15) is 0 Å². The molecule has 1 heterocycles. The van der Waals surface area contributed by atoms with Crippen LogP contribution in [0.15, 0.2) is 53.9 Å². The molecule has 6 nitrogen and oxygen atoms in total. The molecule has 3 aromatic rings. The fourth-order valence-electron chi connectivity index (χ4n) is 2.17. The molecule has 1 amide bonds. The van der Waals surface area contributed by atoms with Gasteiger partial charge in [-0.15, -0.1) is 10.2 Å². The Morgan fingerprint density at radius 3 is 2.96 bits per heavy atom. The number of anilines is 1. The molecule has 134 valence electrons. The molecule has 0 spiro atoms. The van der Waals surface area contributed by atoms with Crippen molar-refractivity contribution >= 4 is 35.0 Å². The van der Waals surface area contributed by atoms with E-state index in [-0.39, 0.29) is 16.7 Å². The van der Waals surface area contributed by atoms with E-state index >= 15 is 0 Å². The SMILES string of the molecule is COc1cccc(-n2cnnc2SCC(=O)Nc2ccc(F)cc2Cl)c1. The third-order valence-electron chi connectivity index (χ3n) is 3.39. The summed E-state index contributed by atoms with van der Waals surface area (Å²) in [6.45, 7) is 0. The number of hydrogen-bond donors (Lipinski definition) is 1. The predicted octanol–water partition coefficient (Wildman–Crippen LogP) is 3.80. The van der Waals surface area contributed by atoms with Gasteiger partial charge in [0.1, 0.15) is 17.9 Å². The zero-order valence-corrected chi connectivity index (χ0v) is 15.2. The number of nitrogens with zero attached hydrogens (tertiary/aromatic N) is 3. The van der Waals surface area contributed by atoms with Gasteiger partial charge >= 0.3 is 0 Å². The molecule has 2 aromatic carbocycles. The lowest BCUT2D eigenvalue weighted by Gasteiger charge is -2.09. The summed E-state index contributed by atoms with van der Waals surface area (Å²) in [5.41, 5.74) is 1.17. The van der Waals surface area contributed by atoms with Gasteiger partial charge in [0.2, 0.25) is 5.91 Å². The van der Waals surface area contributed by atoms with Crippen molar-refractivity contribution in [3.8, 4) is 11.4 Å². The Kier molecular flexibility index (Phi) is 5.75. The second kappa shape index (κ2) is 8.20. The molecule has 0 saturated carbocycles. The fourth-order valence-corrected chi connectivity index (χ4v) is 3.11. The minimum Gasteiger partial charge on any atom is -0.497 e. The lowest BCUT2D eigenvalue weighted by Crippen LogP contribution is -2.15. The van der Waals surface area contributed by atoms with Crippen molar-refractivity contribution in [1.29, 1.82) is 0 Å². The molecule has 26 heavy (non-hydrogen) atoms. The minimum atomic E-state index is -0.464. The number of amides is 1.